The zero-order chi connectivity index (χ0) is 15.8. The number of aryl methyl sites for hydroxylation is 1. The molecule has 0 N–H and O–H groups in total. The maximum absolute atomic E-state index is 11.9. The van der Waals surface area contributed by atoms with E-state index in [1.54, 1.807) is 12.1 Å². The molecule has 2 aromatic rings. The Hall–Kier alpha value is -2.47. The van der Waals surface area contributed by atoms with Crippen LogP contribution in [0.3, 0.4) is 0 Å². The van der Waals surface area contributed by atoms with E-state index in [1.165, 1.54) is 5.56 Å². The van der Waals surface area contributed by atoms with E-state index in [0.717, 1.165) is 36.5 Å². The fourth-order valence-corrected chi connectivity index (χ4v) is 2.29. The normalized spacial score (nSPS) is 10.0. The van der Waals surface area contributed by atoms with Crippen molar-refractivity contribution in [3.05, 3.63) is 71.8 Å². The van der Waals surface area contributed by atoms with E-state index in [4.69, 9.17) is 5.26 Å². The standard InChI is InChI=1S/C19H17F2N/c20-19(21)5-3-1-2-4-15-6-10-17(11-7-15)18-12-8-16(14-22)9-13-18/h5-13H,1-4H2. The predicted molar refractivity (Wildman–Crippen MR) is 84.4 cm³/mol. The minimum atomic E-state index is -1.59. The molecule has 2 rings (SSSR count). The summed E-state index contributed by atoms with van der Waals surface area (Å²) in [6, 6.07) is 17.8. The smallest absolute Gasteiger partial charge is 0.192 e. The van der Waals surface area contributed by atoms with Crippen LogP contribution in [0.2, 0.25) is 0 Å². The van der Waals surface area contributed by atoms with Gasteiger partial charge in [-0.15, -0.1) is 0 Å². The minimum Gasteiger partial charge on any atom is -0.192 e. The Bertz CT molecular complexity index is 660. The van der Waals surface area contributed by atoms with Gasteiger partial charge < -0.3 is 0 Å². The van der Waals surface area contributed by atoms with E-state index >= 15 is 0 Å². The molecule has 2 aromatic carbocycles. The van der Waals surface area contributed by atoms with Crippen LogP contribution in [0.15, 0.2) is 60.7 Å². The van der Waals surface area contributed by atoms with E-state index in [0.29, 0.717) is 12.0 Å². The molecule has 0 aliphatic carbocycles. The van der Waals surface area contributed by atoms with E-state index < -0.39 is 6.08 Å². The molecule has 0 aliphatic heterocycles. The summed E-state index contributed by atoms with van der Waals surface area (Å²) in [5.74, 6) is 0. The molecule has 0 radical (unpaired) electrons. The molecule has 0 bridgehead atoms. The van der Waals surface area contributed by atoms with Crippen LogP contribution in [0.1, 0.15) is 30.4 Å². The Labute approximate surface area is 129 Å². The highest BCUT2D eigenvalue weighted by Gasteiger charge is 1.99. The molecular weight excluding hydrogens is 280 g/mol. The van der Waals surface area contributed by atoms with E-state index in [-0.39, 0.29) is 0 Å². The van der Waals surface area contributed by atoms with Crippen molar-refractivity contribution in [1.82, 2.24) is 0 Å². The lowest BCUT2D eigenvalue weighted by Gasteiger charge is -2.05. The number of benzene rings is 2. The van der Waals surface area contributed by atoms with Gasteiger partial charge in [0.1, 0.15) is 0 Å². The van der Waals surface area contributed by atoms with Crippen molar-refractivity contribution >= 4 is 0 Å². The average Bonchev–Trinajstić information content (AvgIpc) is 2.55. The van der Waals surface area contributed by atoms with Crippen molar-refractivity contribution in [3.8, 4) is 17.2 Å². The summed E-state index contributed by atoms with van der Waals surface area (Å²) in [7, 11) is 0. The van der Waals surface area contributed by atoms with Gasteiger partial charge in [-0.1, -0.05) is 36.4 Å². The van der Waals surface area contributed by atoms with Gasteiger partial charge in [0.05, 0.1) is 11.6 Å². The van der Waals surface area contributed by atoms with Crippen LogP contribution in [0.4, 0.5) is 8.78 Å². The molecule has 0 amide bonds. The zero-order valence-corrected chi connectivity index (χ0v) is 12.2. The van der Waals surface area contributed by atoms with Crippen LogP contribution >= 0.6 is 0 Å². The van der Waals surface area contributed by atoms with Crippen molar-refractivity contribution in [2.45, 2.75) is 25.7 Å². The zero-order valence-electron chi connectivity index (χ0n) is 12.2. The molecule has 0 aliphatic rings. The SMILES string of the molecule is N#Cc1ccc(-c2ccc(CCCCC=C(F)F)cc2)cc1. The van der Waals surface area contributed by atoms with Crippen molar-refractivity contribution in [3.63, 3.8) is 0 Å². The average molecular weight is 297 g/mol. The van der Waals surface area contributed by atoms with Crippen molar-refractivity contribution in [1.29, 1.82) is 5.26 Å². The first-order valence-electron chi connectivity index (χ1n) is 7.29. The molecule has 0 unspecified atom stereocenters. The summed E-state index contributed by atoms with van der Waals surface area (Å²) >= 11 is 0. The van der Waals surface area contributed by atoms with Crippen LogP contribution in [-0.2, 0) is 6.42 Å². The first-order valence-corrected chi connectivity index (χ1v) is 7.29. The highest BCUT2D eigenvalue weighted by molar-refractivity contribution is 5.64. The Morgan fingerprint density at radius 3 is 2.05 bits per heavy atom. The fraction of sp³-hybridized carbons (Fsp3) is 0.211. The lowest BCUT2D eigenvalue weighted by molar-refractivity contribution is 0.416. The number of nitrogens with zero attached hydrogens (tertiary/aromatic N) is 1. The van der Waals surface area contributed by atoms with Gasteiger partial charge in [0.2, 0.25) is 0 Å². The summed E-state index contributed by atoms with van der Waals surface area (Å²) in [5.41, 5.74) is 4.05. The van der Waals surface area contributed by atoms with E-state index in [9.17, 15) is 8.78 Å². The van der Waals surface area contributed by atoms with Gasteiger partial charge in [0.25, 0.3) is 6.08 Å². The highest BCUT2D eigenvalue weighted by atomic mass is 19.3. The van der Waals surface area contributed by atoms with Crippen molar-refractivity contribution in [2.75, 3.05) is 0 Å². The quantitative estimate of drug-likeness (QED) is 0.626. The van der Waals surface area contributed by atoms with Crippen molar-refractivity contribution < 1.29 is 8.78 Å². The molecule has 0 saturated heterocycles. The van der Waals surface area contributed by atoms with Crippen LogP contribution in [0, 0.1) is 11.3 Å². The molecule has 0 saturated carbocycles. The molecule has 112 valence electrons. The number of unbranched alkanes of at least 4 members (excludes halogenated alkanes) is 2. The van der Waals surface area contributed by atoms with Crippen LogP contribution in [-0.4, -0.2) is 0 Å². The van der Waals surface area contributed by atoms with Gasteiger partial charge in [0, 0.05) is 0 Å². The van der Waals surface area contributed by atoms with Gasteiger partial charge in [-0.05, 0) is 60.6 Å². The summed E-state index contributed by atoms with van der Waals surface area (Å²) < 4.78 is 23.8. The summed E-state index contributed by atoms with van der Waals surface area (Å²) in [6.45, 7) is 0. The molecule has 0 atom stereocenters. The van der Waals surface area contributed by atoms with Gasteiger partial charge in [0.15, 0.2) is 0 Å². The third-order valence-corrected chi connectivity index (χ3v) is 3.52. The summed E-state index contributed by atoms with van der Waals surface area (Å²) in [5, 5.41) is 8.79. The molecule has 0 fully saturated rings. The monoisotopic (exact) mass is 297 g/mol. The maximum atomic E-state index is 11.9. The van der Waals surface area contributed by atoms with Crippen LogP contribution < -0.4 is 0 Å². The minimum absolute atomic E-state index is 0.436. The summed E-state index contributed by atoms with van der Waals surface area (Å²) in [6.07, 6.45) is 2.40. The van der Waals surface area contributed by atoms with E-state index in [1.807, 2.05) is 12.1 Å². The lowest BCUT2D eigenvalue weighted by atomic mass is 10.0. The maximum Gasteiger partial charge on any atom is 0.266 e. The second-order valence-corrected chi connectivity index (χ2v) is 5.13. The number of halogens is 2. The number of allylic oxidation sites excluding steroid dienone is 1. The van der Waals surface area contributed by atoms with Gasteiger partial charge in [-0.25, -0.2) is 0 Å². The molecule has 0 aromatic heterocycles. The molecule has 0 spiro atoms. The summed E-state index contributed by atoms with van der Waals surface area (Å²) in [4.78, 5) is 0. The third kappa shape index (κ3) is 4.82. The van der Waals surface area contributed by atoms with Gasteiger partial charge >= 0.3 is 0 Å². The topological polar surface area (TPSA) is 23.8 Å². The Kier molecular flexibility index (Phi) is 5.85. The van der Waals surface area contributed by atoms with Gasteiger partial charge in [-0.3, -0.25) is 0 Å². The molecule has 3 heteroatoms. The van der Waals surface area contributed by atoms with Crippen LogP contribution in [0.25, 0.3) is 11.1 Å². The second-order valence-electron chi connectivity index (χ2n) is 5.13. The molecule has 22 heavy (non-hydrogen) atoms. The Morgan fingerprint density at radius 2 is 1.50 bits per heavy atom. The van der Waals surface area contributed by atoms with Crippen LogP contribution in [0.5, 0.6) is 0 Å². The molecular formula is C19H17F2N. The fourth-order valence-electron chi connectivity index (χ4n) is 2.29. The van der Waals surface area contributed by atoms with Gasteiger partial charge in [-0.2, -0.15) is 14.0 Å². The van der Waals surface area contributed by atoms with Crippen molar-refractivity contribution in [2.24, 2.45) is 0 Å². The first-order chi connectivity index (χ1) is 10.7. The Balaban J connectivity index is 1.90. The third-order valence-electron chi connectivity index (χ3n) is 3.52. The first kappa shape index (κ1) is 15.9. The molecule has 1 nitrogen and oxygen atoms in total. The number of hydrogen-bond acceptors (Lipinski definition) is 1. The second kappa shape index (κ2) is 8.09. The largest absolute Gasteiger partial charge is 0.266 e. The lowest BCUT2D eigenvalue weighted by Crippen LogP contribution is -1.86. The number of nitriles is 1. The highest BCUT2D eigenvalue weighted by Crippen LogP contribution is 2.21. The van der Waals surface area contributed by atoms with E-state index in [2.05, 4.69) is 30.3 Å². The number of hydrogen-bond donors (Lipinski definition) is 0. The predicted octanol–water partition coefficient (Wildman–Crippen LogP) is 5.72. The number of rotatable bonds is 6. The Morgan fingerprint density at radius 1 is 0.909 bits per heavy atom. The molecule has 0 heterocycles.